The van der Waals surface area contributed by atoms with Gasteiger partial charge in [0.25, 0.3) is 5.91 Å². The van der Waals surface area contributed by atoms with Crippen molar-refractivity contribution in [3.8, 4) is 0 Å². The number of hydrogen-bond acceptors (Lipinski definition) is 3. The predicted octanol–water partition coefficient (Wildman–Crippen LogP) is 2.90. The Morgan fingerprint density at radius 2 is 2.09 bits per heavy atom. The van der Waals surface area contributed by atoms with Crippen LogP contribution in [0.5, 0.6) is 0 Å². The maximum Gasteiger partial charge on any atom is 0.251 e. The summed E-state index contributed by atoms with van der Waals surface area (Å²) in [5.74, 6) is 0.0184. The minimum atomic E-state index is -3.69. The van der Waals surface area contributed by atoms with Crippen LogP contribution >= 0.6 is 11.6 Å². The van der Waals surface area contributed by atoms with Gasteiger partial charge >= 0.3 is 0 Å². The van der Waals surface area contributed by atoms with Gasteiger partial charge in [-0.25, -0.2) is 8.42 Å². The molecule has 0 aromatic heterocycles. The molecule has 128 valence electrons. The Morgan fingerprint density at radius 3 is 2.70 bits per heavy atom. The fraction of sp³-hybridized carbons (Fsp3) is 0.562. The smallest absolute Gasteiger partial charge is 0.251 e. The zero-order chi connectivity index (χ0) is 17.2. The molecule has 0 bridgehead atoms. The second-order valence-corrected chi connectivity index (χ2v) is 8.70. The van der Waals surface area contributed by atoms with Gasteiger partial charge in [0, 0.05) is 24.7 Å². The first kappa shape index (κ1) is 18.2. The molecule has 1 N–H and O–H groups in total. The Bertz CT molecular complexity index is 689. The molecule has 5 nitrogen and oxygen atoms in total. The van der Waals surface area contributed by atoms with Crippen molar-refractivity contribution in [2.75, 3.05) is 13.1 Å². The molecule has 1 heterocycles. The van der Waals surface area contributed by atoms with Crippen LogP contribution in [-0.4, -0.2) is 37.8 Å². The average molecular weight is 359 g/mol. The van der Waals surface area contributed by atoms with E-state index in [9.17, 15) is 13.2 Å². The summed E-state index contributed by atoms with van der Waals surface area (Å²) in [7, 11) is -3.69. The van der Waals surface area contributed by atoms with Gasteiger partial charge in [-0.05, 0) is 50.8 Å². The average Bonchev–Trinajstić information content (AvgIpc) is 2.46. The fourth-order valence-corrected chi connectivity index (χ4v) is 4.79. The lowest BCUT2D eigenvalue weighted by molar-refractivity contribution is 0.0943. The number of sulfonamides is 1. The highest BCUT2D eigenvalue weighted by molar-refractivity contribution is 7.89. The summed E-state index contributed by atoms with van der Waals surface area (Å²) < 4.78 is 27.2. The normalized spacial score (nSPS) is 19.8. The Hall–Kier alpha value is -1.11. The molecule has 0 spiro atoms. The molecule has 1 aromatic carbocycles. The van der Waals surface area contributed by atoms with Crippen molar-refractivity contribution >= 4 is 27.5 Å². The van der Waals surface area contributed by atoms with Gasteiger partial charge in [0.1, 0.15) is 4.90 Å². The molecular weight excluding hydrogens is 336 g/mol. The summed E-state index contributed by atoms with van der Waals surface area (Å²) >= 11 is 6.11. The second kappa shape index (κ2) is 7.20. The standard InChI is InChI=1S/C16H23ClN2O3S/c1-11(2)18-16(20)13-6-7-14(17)15(9-13)23(21,22)19-8-4-5-12(3)10-19/h6-7,9,11-12H,4-5,8,10H2,1-3H3,(H,18,20). The van der Waals surface area contributed by atoms with Gasteiger partial charge in [0.15, 0.2) is 0 Å². The van der Waals surface area contributed by atoms with E-state index >= 15 is 0 Å². The minimum Gasteiger partial charge on any atom is -0.350 e. The number of piperidine rings is 1. The van der Waals surface area contributed by atoms with Crippen LogP contribution in [-0.2, 0) is 10.0 Å². The molecule has 1 aromatic rings. The van der Waals surface area contributed by atoms with Gasteiger partial charge in [0.05, 0.1) is 5.02 Å². The molecular formula is C16H23ClN2O3S. The van der Waals surface area contributed by atoms with Crippen LogP contribution in [0.15, 0.2) is 23.1 Å². The van der Waals surface area contributed by atoms with Gasteiger partial charge in [-0.2, -0.15) is 4.31 Å². The quantitative estimate of drug-likeness (QED) is 0.899. The number of carbonyl (C=O) groups excluding carboxylic acids is 1. The maximum atomic E-state index is 12.9. The van der Waals surface area contributed by atoms with Crippen molar-refractivity contribution in [2.45, 2.75) is 44.6 Å². The fourth-order valence-electron chi connectivity index (χ4n) is 2.69. The van der Waals surface area contributed by atoms with Crippen LogP contribution < -0.4 is 5.32 Å². The van der Waals surface area contributed by atoms with E-state index in [1.165, 1.54) is 22.5 Å². The zero-order valence-corrected chi connectivity index (χ0v) is 15.2. The lowest BCUT2D eigenvalue weighted by atomic mass is 10.0. The zero-order valence-electron chi connectivity index (χ0n) is 13.7. The van der Waals surface area contributed by atoms with Gasteiger partial charge < -0.3 is 5.32 Å². The van der Waals surface area contributed by atoms with Crippen molar-refractivity contribution < 1.29 is 13.2 Å². The molecule has 1 unspecified atom stereocenters. The summed E-state index contributed by atoms with van der Waals surface area (Å²) in [6.07, 6.45) is 1.86. The molecule has 1 atom stereocenters. The molecule has 2 rings (SSSR count). The molecule has 1 fully saturated rings. The van der Waals surface area contributed by atoms with Gasteiger partial charge in [-0.1, -0.05) is 18.5 Å². The third kappa shape index (κ3) is 4.25. The lowest BCUT2D eigenvalue weighted by Gasteiger charge is -2.30. The Labute approximate surface area is 143 Å². The maximum absolute atomic E-state index is 12.9. The Morgan fingerprint density at radius 1 is 1.39 bits per heavy atom. The first-order chi connectivity index (χ1) is 10.7. The number of nitrogens with zero attached hydrogens (tertiary/aromatic N) is 1. The van der Waals surface area contributed by atoms with Gasteiger partial charge in [-0.15, -0.1) is 0 Å². The summed E-state index contributed by atoms with van der Waals surface area (Å²) in [6, 6.07) is 4.35. The summed E-state index contributed by atoms with van der Waals surface area (Å²) in [4.78, 5) is 12.1. The summed E-state index contributed by atoms with van der Waals surface area (Å²) in [5, 5.41) is 2.90. The molecule has 1 aliphatic heterocycles. The van der Waals surface area contributed by atoms with E-state index in [0.29, 0.717) is 24.6 Å². The van der Waals surface area contributed by atoms with Crippen molar-refractivity contribution in [1.82, 2.24) is 9.62 Å². The lowest BCUT2D eigenvalue weighted by Crippen LogP contribution is -2.39. The molecule has 1 aliphatic rings. The predicted molar refractivity (Wildman–Crippen MR) is 91.2 cm³/mol. The van der Waals surface area contributed by atoms with Gasteiger partial charge in [0.2, 0.25) is 10.0 Å². The van der Waals surface area contributed by atoms with Crippen LogP contribution in [0.25, 0.3) is 0 Å². The molecule has 23 heavy (non-hydrogen) atoms. The Balaban J connectivity index is 2.36. The highest BCUT2D eigenvalue weighted by atomic mass is 35.5. The molecule has 0 radical (unpaired) electrons. The van der Waals surface area contributed by atoms with E-state index in [0.717, 1.165) is 12.8 Å². The molecule has 0 saturated carbocycles. The van der Waals surface area contributed by atoms with E-state index in [-0.39, 0.29) is 21.9 Å². The van der Waals surface area contributed by atoms with E-state index in [1.54, 1.807) is 0 Å². The topological polar surface area (TPSA) is 66.5 Å². The van der Waals surface area contributed by atoms with E-state index in [2.05, 4.69) is 5.32 Å². The van der Waals surface area contributed by atoms with Crippen LogP contribution in [0.2, 0.25) is 5.02 Å². The number of amides is 1. The number of halogens is 1. The van der Waals surface area contributed by atoms with Crippen LogP contribution in [0.3, 0.4) is 0 Å². The number of rotatable bonds is 4. The van der Waals surface area contributed by atoms with Crippen LogP contribution in [0.1, 0.15) is 44.0 Å². The Kier molecular flexibility index (Phi) is 5.70. The van der Waals surface area contributed by atoms with Crippen molar-refractivity contribution in [3.05, 3.63) is 28.8 Å². The highest BCUT2D eigenvalue weighted by Crippen LogP contribution is 2.29. The summed E-state index contributed by atoms with van der Waals surface area (Å²) in [6.45, 7) is 6.71. The van der Waals surface area contributed by atoms with E-state index < -0.39 is 10.0 Å². The van der Waals surface area contributed by atoms with E-state index in [1.807, 2.05) is 20.8 Å². The SMILES string of the molecule is CC1CCCN(S(=O)(=O)c2cc(C(=O)NC(C)C)ccc2Cl)C1. The third-order valence-corrected chi connectivity index (χ3v) is 6.20. The monoisotopic (exact) mass is 358 g/mol. The minimum absolute atomic E-state index is 0.00433. The van der Waals surface area contributed by atoms with Crippen molar-refractivity contribution in [1.29, 1.82) is 0 Å². The van der Waals surface area contributed by atoms with Crippen molar-refractivity contribution in [2.24, 2.45) is 5.92 Å². The van der Waals surface area contributed by atoms with Crippen molar-refractivity contribution in [3.63, 3.8) is 0 Å². The second-order valence-electron chi connectivity index (χ2n) is 6.38. The number of benzene rings is 1. The van der Waals surface area contributed by atoms with Crippen LogP contribution in [0.4, 0.5) is 0 Å². The summed E-state index contributed by atoms with van der Waals surface area (Å²) in [5.41, 5.74) is 0.298. The van der Waals surface area contributed by atoms with Crippen LogP contribution in [0, 0.1) is 5.92 Å². The number of hydrogen-bond donors (Lipinski definition) is 1. The molecule has 0 aliphatic carbocycles. The molecule has 1 amide bonds. The number of nitrogens with one attached hydrogen (secondary N) is 1. The molecule has 1 saturated heterocycles. The first-order valence-corrected chi connectivity index (χ1v) is 9.64. The molecule has 7 heteroatoms. The number of carbonyl (C=O) groups is 1. The first-order valence-electron chi connectivity index (χ1n) is 7.82. The highest BCUT2D eigenvalue weighted by Gasteiger charge is 2.30. The van der Waals surface area contributed by atoms with E-state index in [4.69, 9.17) is 11.6 Å². The third-order valence-electron chi connectivity index (χ3n) is 3.85. The van der Waals surface area contributed by atoms with Gasteiger partial charge in [-0.3, -0.25) is 4.79 Å². The largest absolute Gasteiger partial charge is 0.350 e.